The second kappa shape index (κ2) is 6.41. The molecule has 0 spiro atoms. The van der Waals surface area contributed by atoms with E-state index in [9.17, 15) is 0 Å². The maximum Gasteiger partial charge on any atom is 0.0220 e. The van der Waals surface area contributed by atoms with Gasteiger partial charge >= 0.3 is 0 Å². The van der Waals surface area contributed by atoms with Crippen LogP contribution in [0.4, 0.5) is 0 Å². The topological polar surface area (TPSA) is 15.3 Å². The van der Waals surface area contributed by atoms with Gasteiger partial charge in [-0.2, -0.15) is 0 Å². The molecule has 0 aliphatic carbocycles. The molecule has 0 radical (unpaired) electrons. The lowest BCUT2D eigenvalue weighted by molar-refractivity contribution is 0.140. The van der Waals surface area contributed by atoms with Crippen molar-refractivity contribution >= 4 is 0 Å². The molecule has 0 aromatic heterocycles. The van der Waals surface area contributed by atoms with Crippen LogP contribution < -0.4 is 5.32 Å². The molecular formula is C12H26N2. The first-order valence-electron chi connectivity index (χ1n) is 6.27. The summed E-state index contributed by atoms with van der Waals surface area (Å²) in [5.74, 6) is 0. The van der Waals surface area contributed by atoms with E-state index in [-0.39, 0.29) is 0 Å². The highest BCUT2D eigenvalue weighted by Crippen LogP contribution is 2.15. The summed E-state index contributed by atoms with van der Waals surface area (Å²) in [5, 5.41) is 3.59. The number of nitrogens with one attached hydrogen (secondary N) is 1. The Bertz CT molecular complexity index is 137. The quantitative estimate of drug-likeness (QED) is 0.729. The fourth-order valence-corrected chi connectivity index (χ4v) is 2.50. The molecule has 0 bridgehead atoms. The number of likely N-dealkylation sites (N-methyl/N-ethyl adjacent to an activating group) is 1. The van der Waals surface area contributed by atoms with E-state index in [1.165, 1.54) is 38.8 Å². The maximum absolute atomic E-state index is 3.59. The van der Waals surface area contributed by atoms with Gasteiger partial charge in [0, 0.05) is 12.1 Å². The zero-order chi connectivity index (χ0) is 10.4. The molecular weight excluding hydrogens is 172 g/mol. The molecule has 1 N–H and O–H groups in total. The first kappa shape index (κ1) is 12.0. The molecule has 1 aliphatic heterocycles. The van der Waals surface area contributed by atoms with Crippen LogP contribution in [0.15, 0.2) is 0 Å². The third kappa shape index (κ3) is 3.25. The Hall–Kier alpha value is -0.0800. The van der Waals surface area contributed by atoms with Crippen molar-refractivity contribution in [2.24, 2.45) is 0 Å². The van der Waals surface area contributed by atoms with Gasteiger partial charge in [0.25, 0.3) is 0 Å². The lowest BCUT2D eigenvalue weighted by Gasteiger charge is -2.37. The van der Waals surface area contributed by atoms with Crippen LogP contribution in [-0.4, -0.2) is 36.6 Å². The minimum atomic E-state index is 0.679. The molecule has 0 amide bonds. The molecule has 0 aromatic rings. The Morgan fingerprint density at radius 3 is 2.29 bits per heavy atom. The van der Waals surface area contributed by atoms with E-state index in [0.717, 1.165) is 6.54 Å². The molecule has 1 fully saturated rings. The summed E-state index contributed by atoms with van der Waals surface area (Å²) < 4.78 is 0. The van der Waals surface area contributed by atoms with E-state index in [0.29, 0.717) is 12.1 Å². The Labute approximate surface area is 89.1 Å². The van der Waals surface area contributed by atoms with Gasteiger partial charge in [-0.25, -0.2) is 0 Å². The number of piperidine rings is 1. The second-order valence-corrected chi connectivity index (χ2v) is 4.41. The molecule has 0 aromatic carbocycles. The summed E-state index contributed by atoms with van der Waals surface area (Å²) >= 11 is 0. The normalized spacial score (nSPS) is 23.4. The van der Waals surface area contributed by atoms with Gasteiger partial charge in [0.05, 0.1) is 0 Å². The van der Waals surface area contributed by atoms with Crippen molar-refractivity contribution < 1.29 is 0 Å². The fraction of sp³-hybridized carbons (Fsp3) is 1.00. The summed E-state index contributed by atoms with van der Waals surface area (Å²) in [4.78, 5) is 2.65. The van der Waals surface area contributed by atoms with E-state index in [2.05, 4.69) is 31.0 Å². The fourth-order valence-electron chi connectivity index (χ4n) is 2.50. The predicted molar refractivity (Wildman–Crippen MR) is 62.6 cm³/mol. The molecule has 2 atom stereocenters. The van der Waals surface area contributed by atoms with Crippen molar-refractivity contribution in [3.05, 3.63) is 0 Å². The number of nitrogens with zero attached hydrogens (tertiary/aromatic N) is 1. The van der Waals surface area contributed by atoms with Gasteiger partial charge in [-0.3, -0.25) is 4.90 Å². The number of hydrogen-bond acceptors (Lipinski definition) is 2. The van der Waals surface area contributed by atoms with E-state index in [1.54, 1.807) is 0 Å². The standard InChI is InChI=1S/C12H26N2/c1-4-12(13-5-2)11(3)14-9-7-6-8-10-14/h11-13H,4-10H2,1-3H3. The number of rotatable bonds is 5. The van der Waals surface area contributed by atoms with E-state index in [4.69, 9.17) is 0 Å². The first-order chi connectivity index (χ1) is 6.79. The molecule has 2 unspecified atom stereocenters. The maximum atomic E-state index is 3.59. The Morgan fingerprint density at radius 1 is 1.14 bits per heavy atom. The Balaban J connectivity index is 2.38. The number of hydrogen-bond donors (Lipinski definition) is 1. The van der Waals surface area contributed by atoms with E-state index < -0.39 is 0 Å². The molecule has 14 heavy (non-hydrogen) atoms. The summed E-state index contributed by atoms with van der Waals surface area (Å²) in [7, 11) is 0. The van der Waals surface area contributed by atoms with Gasteiger partial charge in [0.2, 0.25) is 0 Å². The van der Waals surface area contributed by atoms with Crippen LogP contribution in [0.5, 0.6) is 0 Å². The lowest BCUT2D eigenvalue weighted by Crippen LogP contribution is -2.49. The van der Waals surface area contributed by atoms with Gasteiger partial charge in [-0.1, -0.05) is 20.3 Å². The van der Waals surface area contributed by atoms with E-state index in [1.807, 2.05) is 0 Å². The van der Waals surface area contributed by atoms with Crippen LogP contribution in [0.3, 0.4) is 0 Å². The average molecular weight is 198 g/mol. The number of likely N-dealkylation sites (tertiary alicyclic amines) is 1. The minimum Gasteiger partial charge on any atom is -0.313 e. The Morgan fingerprint density at radius 2 is 1.79 bits per heavy atom. The minimum absolute atomic E-state index is 0.679. The monoisotopic (exact) mass is 198 g/mol. The van der Waals surface area contributed by atoms with Crippen molar-refractivity contribution in [3.63, 3.8) is 0 Å². The van der Waals surface area contributed by atoms with Crippen LogP contribution in [0.1, 0.15) is 46.5 Å². The largest absolute Gasteiger partial charge is 0.313 e. The van der Waals surface area contributed by atoms with Crippen molar-refractivity contribution in [1.29, 1.82) is 0 Å². The van der Waals surface area contributed by atoms with Crippen molar-refractivity contribution in [2.75, 3.05) is 19.6 Å². The van der Waals surface area contributed by atoms with Gasteiger partial charge in [0.1, 0.15) is 0 Å². The lowest BCUT2D eigenvalue weighted by atomic mass is 10.0. The summed E-state index contributed by atoms with van der Waals surface area (Å²) in [5.41, 5.74) is 0. The molecule has 2 heteroatoms. The molecule has 1 heterocycles. The van der Waals surface area contributed by atoms with Crippen molar-refractivity contribution in [3.8, 4) is 0 Å². The SMILES string of the molecule is CCNC(CC)C(C)N1CCCCC1. The van der Waals surface area contributed by atoms with Gasteiger partial charge < -0.3 is 5.32 Å². The molecule has 1 rings (SSSR count). The van der Waals surface area contributed by atoms with Crippen LogP contribution in [-0.2, 0) is 0 Å². The summed E-state index contributed by atoms with van der Waals surface area (Å²) in [6.07, 6.45) is 5.46. The molecule has 1 aliphatic rings. The highest BCUT2D eigenvalue weighted by Gasteiger charge is 2.22. The average Bonchev–Trinajstić information content (AvgIpc) is 2.26. The van der Waals surface area contributed by atoms with E-state index >= 15 is 0 Å². The van der Waals surface area contributed by atoms with Gasteiger partial charge in [0.15, 0.2) is 0 Å². The summed E-state index contributed by atoms with van der Waals surface area (Å²) in [6.45, 7) is 10.6. The molecule has 84 valence electrons. The van der Waals surface area contributed by atoms with Crippen LogP contribution in [0.2, 0.25) is 0 Å². The molecule has 0 saturated carbocycles. The zero-order valence-electron chi connectivity index (χ0n) is 10.1. The van der Waals surface area contributed by atoms with Crippen LogP contribution in [0, 0.1) is 0 Å². The molecule has 1 saturated heterocycles. The van der Waals surface area contributed by atoms with Gasteiger partial charge in [-0.05, 0) is 45.8 Å². The molecule has 2 nitrogen and oxygen atoms in total. The highest BCUT2D eigenvalue weighted by molar-refractivity contribution is 4.81. The van der Waals surface area contributed by atoms with Crippen molar-refractivity contribution in [1.82, 2.24) is 10.2 Å². The van der Waals surface area contributed by atoms with Crippen molar-refractivity contribution in [2.45, 2.75) is 58.5 Å². The summed E-state index contributed by atoms with van der Waals surface area (Å²) in [6, 6.07) is 1.39. The second-order valence-electron chi connectivity index (χ2n) is 4.41. The van der Waals surface area contributed by atoms with Gasteiger partial charge in [-0.15, -0.1) is 0 Å². The van der Waals surface area contributed by atoms with Crippen LogP contribution >= 0.6 is 0 Å². The third-order valence-electron chi connectivity index (χ3n) is 3.46. The smallest absolute Gasteiger partial charge is 0.0220 e. The third-order valence-corrected chi connectivity index (χ3v) is 3.46. The zero-order valence-corrected chi connectivity index (χ0v) is 10.1. The predicted octanol–water partition coefficient (Wildman–Crippen LogP) is 2.25. The first-order valence-corrected chi connectivity index (χ1v) is 6.27. The Kier molecular flexibility index (Phi) is 5.49. The highest BCUT2D eigenvalue weighted by atomic mass is 15.2. The van der Waals surface area contributed by atoms with Crippen LogP contribution in [0.25, 0.3) is 0 Å².